The van der Waals surface area contributed by atoms with Crippen molar-refractivity contribution >= 4 is 30.7 Å². The van der Waals surface area contributed by atoms with Crippen LogP contribution in [0.4, 0.5) is 5.82 Å². The molecule has 1 fully saturated rings. The standard InChI is InChI=1S/C26H35N6O6P/c1-16-19(21(33)11-20(16)32-15-30-22-23(27)28-14-29-24(22)32)12-37-39(35,38-18-9-7-6-8-10-18)31-17(2)25(34)36-13-26(3,4)5/h6-10,14-15,17,19-21,33H,1,11-13H2,2-5H3,(H,31,35)(H2,27,28,29)/t17-,19-,20-,21-,39?/m0/s1. The Morgan fingerprint density at radius 1 is 1.28 bits per heavy atom. The molecule has 12 nitrogen and oxygen atoms in total. The lowest BCUT2D eigenvalue weighted by atomic mass is 9.99. The van der Waals surface area contributed by atoms with Gasteiger partial charge in [0, 0.05) is 5.92 Å². The van der Waals surface area contributed by atoms with Gasteiger partial charge in [0.15, 0.2) is 11.5 Å². The molecule has 210 valence electrons. The monoisotopic (exact) mass is 558 g/mol. The minimum atomic E-state index is -4.11. The third-order valence-electron chi connectivity index (χ3n) is 6.30. The van der Waals surface area contributed by atoms with Crippen LogP contribution in [0.5, 0.6) is 5.75 Å². The first-order chi connectivity index (χ1) is 18.4. The smallest absolute Gasteiger partial charge is 0.459 e. The second-order valence-corrected chi connectivity index (χ2v) is 12.5. The van der Waals surface area contributed by atoms with Gasteiger partial charge < -0.3 is 24.7 Å². The summed E-state index contributed by atoms with van der Waals surface area (Å²) in [4.78, 5) is 25.1. The maximum absolute atomic E-state index is 13.9. The van der Waals surface area contributed by atoms with E-state index < -0.39 is 31.8 Å². The molecule has 0 saturated heterocycles. The maximum atomic E-state index is 13.9. The van der Waals surface area contributed by atoms with Gasteiger partial charge in [-0.3, -0.25) is 9.32 Å². The van der Waals surface area contributed by atoms with Crippen molar-refractivity contribution in [2.24, 2.45) is 11.3 Å². The number of fused-ring (bicyclic) bond motifs is 1. The Labute approximate surface area is 227 Å². The molecule has 0 amide bonds. The number of anilines is 1. The number of carbonyl (C=O) groups is 1. The number of imidazole rings is 1. The Balaban J connectivity index is 1.49. The van der Waals surface area contributed by atoms with Crippen LogP contribution >= 0.6 is 7.75 Å². The molecule has 0 radical (unpaired) electrons. The topological polar surface area (TPSA) is 164 Å². The summed E-state index contributed by atoms with van der Waals surface area (Å²) < 4.78 is 32.6. The van der Waals surface area contributed by atoms with E-state index in [0.717, 1.165) is 0 Å². The number of aromatic nitrogens is 4. The highest BCUT2D eigenvalue weighted by molar-refractivity contribution is 7.52. The van der Waals surface area contributed by atoms with Gasteiger partial charge in [0.1, 0.15) is 23.6 Å². The molecule has 0 bridgehead atoms. The van der Waals surface area contributed by atoms with E-state index in [-0.39, 0.29) is 36.2 Å². The van der Waals surface area contributed by atoms with Gasteiger partial charge >= 0.3 is 13.7 Å². The fourth-order valence-corrected chi connectivity index (χ4v) is 5.75. The van der Waals surface area contributed by atoms with Crippen LogP contribution < -0.4 is 15.3 Å². The Morgan fingerprint density at radius 2 is 2.00 bits per heavy atom. The van der Waals surface area contributed by atoms with E-state index in [4.69, 9.17) is 19.5 Å². The molecule has 2 aromatic heterocycles. The molecule has 39 heavy (non-hydrogen) atoms. The molecule has 4 N–H and O–H groups in total. The van der Waals surface area contributed by atoms with E-state index in [1.165, 1.54) is 13.3 Å². The predicted octanol–water partition coefficient (Wildman–Crippen LogP) is 3.66. The van der Waals surface area contributed by atoms with Crippen molar-refractivity contribution in [3.05, 3.63) is 55.1 Å². The first-order valence-corrected chi connectivity index (χ1v) is 14.1. The molecule has 13 heteroatoms. The lowest BCUT2D eigenvalue weighted by Gasteiger charge is -2.26. The maximum Gasteiger partial charge on any atom is 0.459 e. The molecular weight excluding hydrogens is 523 g/mol. The summed E-state index contributed by atoms with van der Waals surface area (Å²) in [6.45, 7) is 11.5. The highest BCUT2D eigenvalue weighted by Gasteiger charge is 2.41. The normalized spacial score (nSPS) is 22.0. The SMILES string of the molecule is C=C1[C@H](COP(=O)(N[C@@H](C)C(=O)OCC(C)(C)C)Oc2ccccc2)[C@@H](O)C[C@@H]1n1cnc2c(N)ncnc21. The van der Waals surface area contributed by atoms with Crippen LogP contribution in [0.2, 0.25) is 0 Å². The largest absolute Gasteiger partial charge is 0.464 e. The van der Waals surface area contributed by atoms with Crippen LogP contribution in [0.3, 0.4) is 0 Å². The Morgan fingerprint density at radius 3 is 2.69 bits per heavy atom. The zero-order chi connectivity index (χ0) is 28.4. The lowest BCUT2D eigenvalue weighted by molar-refractivity contribution is -0.148. The van der Waals surface area contributed by atoms with Crippen LogP contribution in [-0.4, -0.2) is 56.0 Å². The summed E-state index contributed by atoms with van der Waals surface area (Å²) in [6.07, 6.45) is 2.39. The molecular formula is C26H35N6O6P. The van der Waals surface area contributed by atoms with Crippen LogP contribution in [0.15, 0.2) is 55.1 Å². The molecule has 1 unspecified atom stereocenters. The van der Waals surface area contributed by atoms with Crippen LogP contribution in [0, 0.1) is 11.3 Å². The predicted molar refractivity (Wildman–Crippen MR) is 146 cm³/mol. The lowest BCUT2D eigenvalue weighted by Crippen LogP contribution is -2.37. The Kier molecular flexibility index (Phi) is 8.41. The first-order valence-electron chi connectivity index (χ1n) is 12.6. The van der Waals surface area contributed by atoms with Gasteiger partial charge in [-0.2, -0.15) is 5.09 Å². The number of rotatable bonds is 10. The quantitative estimate of drug-likeness (QED) is 0.189. The number of carbonyl (C=O) groups excluding carboxylic acids is 1. The van der Waals surface area contributed by atoms with E-state index in [2.05, 4.69) is 26.6 Å². The van der Waals surface area contributed by atoms with Crippen molar-refractivity contribution < 1.29 is 28.3 Å². The van der Waals surface area contributed by atoms with Gasteiger partial charge in [-0.25, -0.2) is 19.5 Å². The Hall–Kier alpha value is -3.31. The summed E-state index contributed by atoms with van der Waals surface area (Å²) in [7, 11) is -4.11. The average Bonchev–Trinajstić information content (AvgIpc) is 3.42. The number of ether oxygens (including phenoxy) is 1. The number of benzene rings is 1. The summed E-state index contributed by atoms with van der Waals surface area (Å²) in [5.74, 6) is -0.634. The van der Waals surface area contributed by atoms with E-state index >= 15 is 0 Å². The summed E-state index contributed by atoms with van der Waals surface area (Å²) in [6, 6.07) is 7.14. The second kappa shape index (κ2) is 11.4. The Bertz CT molecular complexity index is 1370. The molecule has 0 spiro atoms. The van der Waals surface area contributed by atoms with Gasteiger partial charge in [0.25, 0.3) is 0 Å². The fourth-order valence-electron chi connectivity index (χ4n) is 4.24. The van der Waals surface area contributed by atoms with E-state index in [0.29, 0.717) is 23.2 Å². The molecule has 5 atom stereocenters. The zero-order valence-electron chi connectivity index (χ0n) is 22.5. The molecule has 1 saturated carbocycles. The second-order valence-electron chi connectivity index (χ2n) is 10.8. The number of hydrogen-bond donors (Lipinski definition) is 3. The number of esters is 1. The number of hydrogen-bond acceptors (Lipinski definition) is 10. The third kappa shape index (κ3) is 6.83. The third-order valence-corrected chi connectivity index (χ3v) is 7.95. The van der Waals surface area contributed by atoms with Crippen molar-refractivity contribution in [1.82, 2.24) is 24.6 Å². The highest BCUT2D eigenvalue weighted by atomic mass is 31.2. The van der Waals surface area contributed by atoms with Gasteiger partial charge in [0.05, 0.1) is 31.7 Å². The molecule has 0 aliphatic heterocycles. The first kappa shape index (κ1) is 28.7. The van der Waals surface area contributed by atoms with Crippen molar-refractivity contribution in [3.8, 4) is 5.75 Å². The number of nitrogens with one attached hydrogen (secondary N) is 1. The number of aliphatic hydroxyl groups is 1. The molecule has 1 aromatic carbocycles. The van der Waals surface area contributed by atoms with E-state index in [9.17, 15) is 14.5 Å². The molecule has 1 aliphatic rings. The van der Waals surface area contributed by atoms with Crippen LogP contribution in [0.1, 0.15) is 40.2 Å². The molecule has 3 aromatic rings. The fraction of sp³-hybridized carbons (Fsp3) is 0.462. The molecule has 4 rings (SSSR count). The summed E-state index contributed by atoms with van der Waals surface area (Å²) >= 11 is 0. The molecule has 2 heterocycles. The summed E-state index contributed by atoms with van der Waals surface area (Å²) in [5, 5.41) is 13.6. The van der Waals surface area contributed by atoms with Crippen LogP contribution in [-0.2, 0) is 18.6 Å². The van der Waals surface area contributed by atoms with E-state index in [1.54, 1.807) is 41.2 Å². The molecule has 1 aliphatic carbocycles. The zero-order valence-corrected chi connectivity index (χ0v) is 23.4. The number of para-hydroxylation sites is 1. The van der Waals surface area contributed by atoms with Crippen molar-refractivity contribution in [1.29, 1.82) is 0 Å². The van der Waals surface area contributed by atoms with E-state index in [1.807, 2.05) is 20.8 Å². The van der Waals surface area contributed by atoms with Gasteiger partial charge in [0.2, 0.25) is 0 Å². The van der Waals surface area contributed by atoms with Crippen LogP contribution in [0.25, 0.3) is 11.2 Å². The highest BCUT2D eigenvalue weighted by Crippen LogP contribution is 2.48. The van der Waals surface area contributed by atoms with Gasteiger partial charge in [-0.1, -0.05) is 45.5 Å². The summed E-state index contributed by atoms with van der Waals surface area (Å²) in [5.41, 5.74) is 7.30. The van der Waals surface area contributed by atoms with Gasteiger partial charge in [-0.15, -0.1) is 0 Å². The van der Waals surface area contributed by atoms with Crippen molar-refractivity contribution in [3.63, 3.8) is 0 Å². The number of aliphatic hydroxyl groups excluding tert-OH is 1. The average molecular weight is 559 g/mol. The number of nitrogen functional groups attached to an aromatic ring is 1. The van der Waals surface area contributed by atoms with Gasteiger partial charge in [-0.05, 0) is 36.5 Å². The van der Waals surface area contributed by atoms with Crippen molar-refractivity contribution in [2.45, 2.75) is 52.3 Å². The number of nitrogens with two attached hydrogens (primary N) is 1. The number of nitrogens with zero attached hydrogens (tertiary/aromatic N) is 4. The minimum absolute atomic E-state index is 0.179. The minimum Gasteiger partial charge on any atom is -0.464 e. The van der Waals surface area contributed by atoms with Crippen molar-refractivity contribution in [2.75, 3.05) is 18.9 Å².